The van der Waals surface area contributed by atoms with Crippen LogP contribution < -0.4 is 0 Å². The van der Waals surface area contributed by atoms with Gasteiger partial charge in [0.2, 0.25) is 0 Å². The first-order chi connectivity index (χ1) is 28.2. The molecule has 4 aromatic heterocycles. The SMILES string of the molecule is c1ccc(-c2cc(-c3ccccc3)cc(-n3c4ccccc4c4cc5c6ccccc6n(-c6cccc(-c7ccc8oc9ccccc9c8c7)n6)c5cc43)c2)cc1. The van der Waals surface area contributed by atoms with Crippen LogP contribution >= 0.6 is 0 Å². The number of hydrogen-bond donors (Lipinski definition) is 0. The molecule has 0 fully saturated rings. The number of nitrogens with zero attached hydrogens (tertiary/aromatic N) is 3. The number of aromatic nitrogens is 3. The van der Waals surface area contributed by atoms with Crippen LogP contribution in [-0.2, 0) is 0 Å². The molecule has 0 radical (unpaired) electrons. The van der Waals surface area contributed by atoms with Crippen LogP contribution in [0.3, 0.4) is 0 Å². The summed E-state index contributed by atoms with van der Waals surface area (Å²) < 4.78 is 10.9. The highest BCUT2D eigenvalue weighted by Crippen LogP contribution is 2.41. The van der Waals surface area contributed by atoms with E-state index < -0.39 is 0 Å². The summed E-state index contributed by atoms with van der Waals surface area (Å²) >= 11 is 0. The van der Waals surface area contributed by atoms with E-state index in [0.29, 0.717) is 0 Å². The van der Waals surface area contributed by atoms with Crippen LogP contribution in [0.4, 0.5) is 0 Å². The summed E-state index contributed by atoms with van der Waals surface area (Å²) in [7, 11) is 0. The highest BCUT2D eigenvalue weighted by molar-refractivity contribution is 6.19. The van der Waals surface area contributed by atoms with Gasteiger partial charge < -0.3 is 8.98 Å². The zero-order valence-electron chi connectivity index (χ0n) is 30.8. The minimum absolute atomic E-state index is 0.871. The smallest absolute Gasteiger partial charge is 0.138 e. The van der Waals surface area contributed by atoms with Gasteiger partial charge in [-0.3, -0.25) is 4.57 Å². The minimum Gasteiger partial charge on any atom is -0.456 e. The molecule has 4 nitrogen and oxygen atoms in total. The predicted octanol–water partition coefficient (Wildman–Crippen LogP) is 14.2. The Morgan fingerprint density at radius 2 is 0.895 bits per heavy atom. The van der Waals surface area contributed by atoms with Crippen LogP contribution in [0.2, 0.25) is 0 Å². The van der Waals surface area contributed by atoms with Crippen LogP contribution in [0.25, 0.3) is 111 Å². The van der Waals surface area contributed by atoms with Crippen molar-refractivity contribution in [1.29, 1.82) is 0 Å². The molecule has 8 aromatic carbocycles. The number of para-hydroxylation sites is 3. The molecule has 0 bridgehead atoms. The molecule has 4 heteroatoms. The van der Waals surface area contributed by atoms with Crippen LogP contribution in [0, 0.1) is 0 Å². The summed E-state index contributed by atoms with van der Waals surface area (Å²) in [6.45, 7) is 0. The maximum atomic E-state index is 6.15. The quantitative estimate of drug-likeness (QED) is 0.177. The maximum absolute atomic E-state index is 6.15. The molecule has 0 spiro atoms. The monoisotopic (exact) mass is 727 g/mol. The fourth-order valence-electron chi connectivity index (χ4n) is 8.88. The van der Waals surface area contributed by atoms with Gasteiger partial charge in [0.15, 0.2) is 0 Å². The van der Waals surface area contributed by atoms with Gasteiger partial charge in [0.1, 0.15) is 17.0 Å². The van der Waals surface area contributed by atoms with E-state index in [1.807, 2.05) is 12.1 Å². The molecule has 0 aliphatic rings. The number of furan rings is 1. The summed E-state index contributed by atoms with van der Waals surface area (Å²) in [6, 6.07) is 71.5. The van der Waals surface area contributed by atoms with E-state index in [4.69, 9.17) is 9.40 Å². The molecule has 12 rings (SSSR count). The van der Waals surface area contributed by atoms with E-state index in [0.717, 1.165) is 61.3 Å². The van der Waals surface area contributed by atoms with Gasteiger partial charge in [-0.15, -0.1) is 0 Å². The first-order valence-electron chi connectivity index (χ1n) is 19.4. The third-order valence-corrected chi connectivity index (χ3v) is 11.5. The summed E-state index contributed by atoms with van der Waals surface area (Å²) in [5, 5.41) is 7.03. The molecule has 4 heterocycles. The molecule has 0 aliphatic heterocycles. The standard InChI is InChI=1S/C53H33N3O/c1-3-14-34(15-4-1)37-28-38(35-16-5-2-6-17-35)30-39(29-37)55-47-22-10-7-18-40(47)43-32-44-41-19-8-11-23-48(41)56(50(44)33-49(43)55)53-25-13-21-46(54-53)36-26-27-52-45(31-36)42-20-9-12-24-51(42)57-52/h1-33H. The second kappa shape index (κ2) is 12.4. The van der Waals surface area contributed by atoms with Crippen molar-refractivity contribution in [3.05, 3.63) is 200 Å². The molecular weight excluding hydrogens is 695 g/mol. The lowest BCUT2D eigenvalue weighted by atomic mass is 9.98. The third-order valence-electron chi connectivity index (χ3n) is 11.5. The highest BCUT2D eigenvalue weighted by atomic mass is 16.3. The topological polar surface area (TPSA) is 35.9 Å². The molecule has 0 atom stereocenters. The van der Waals surface area contributed by atoms with E-state index in [-0.39, 0.29) is 0 Å². The average Bonchev–Trinajstić information content (AvgIpc) is 3.93. The van der Waals surface area contributed by atoms with Crippen molar-refractivity contribution in [1.82, 2.24) is 14.1 Å². The molecular formula is C53H33N3O. The fourth-order valence-corrected chi connectivity index (χ4v) is 8.88. The Morgan fingerprint density at radius 1 is 0.316 bits per heavy atom. The van der Waals surface area contributed by atoms with Gasteiger partial charge in [0.05, 0.1) is 27.8 Å². The highest BCUT2D eigenvalue weighted by Gasteiger charge is 2.20. The zero-order valence-corrected chi connectivity index (χ0v) is 30.8. The fraction of sp³-hybridized carbons (Fsp3) is 0. The van der Waals surface area contributed by atoms with Crippen molar-refractivity contribution in [3.8, 4) is 45.0 Å². The Bertz CT molecular complexity index is 3460. The second-order valence-corrected chi connectivity index (χ2v) is 14.8. The lowest BCUT2D eigenvalue weighted by molar-refractivity contribution is 0.669. The van der Waals surface area contributed by atoms with Crippen molar-refractivity contribution in [2.24, 2.45) is 0 Å². The first-order valence-corrected chi connectivity index (χ1v) is 19.4. The van der Waals surface area contributed by atoms with Crippen LogP contribution in [-0.4, -0.2) is 14.1 Å². The summed E-state index contributed by atoms with van der Waals surface area (Å²) in [6.07, 6.45) is 0. The number of benzene rings is 8. The van der Waals surface area contributed by atoms with Gasteiger partial charge in [-0.25, -0.2) is 4.98 Å². The summed E-state index contributed by atoms with van der Waals surface area (Å²) in [5.74, 6) is 0.871. The van der Waals surface area contributed by atoms with Gasteiger partial charge in [-0.1, -0.05) is 121 Å². The molecule has 12 aromatic rings. The van der Waals surface area contributed by atoms with Crippen molar-refractivity contribution >= 4 is 65.6 Å². The van der Waals surface area contributed by atoms with E-state index in [1.165, 1.54) is 49.3 Å². The molecule has 0 aliphatic carbocycles. The van der Waals surface area contributed by atoms with E-state index in [1.54, 1.807) is 0 Å². The van der Waals surface area contributed by atoms with E-state index >= 15 is 0 Å². The van der Waals surface area contributed by atoms with E-state index in [9.17, 15) is 0 Å². The van der Waals surface area contributed by atoms with Crippen molar-refractivity contribution in [2.45, 2.75) is 0 Å². The summed E-state index contributed by atoms with van der Waals surface area (Å²) in [4.78, 5) is 5.38. The van der Waals surface area contributed by atoms with Gasteiger partial charge in [-0.05, 0) is 101 Å². The lowest BCUT2D eigenvalue weighted by Crippen LogP contribution is -1.99. The maximum Gasteiger partial charge on any atom is 0.138 e. The van der Waals surface area contributed by atoms with Gasteiger partial charge in [0, 0.05) is 43.6 Å². The van der Waals surface area contributed by atoms with Crippen molar-refractivity contribution in [2.75, 3.05) is 0 Å². The van der Waals surface area contributed by atoms with Gasteiger partial charge >= 0.3 is 0 Å². The second-order valence-electron chi connectivity index (χ2n) is 14.8. The molecule has 0 N–H and O–H groups in total. The Balaban J connectivity index is 1.11. The zero-order chi connectivity index (χ0) is 37.5. The third kappa shape index (κ3) is 4.98. The van der Waals surface area contributed by atoms with Crippen molar-refractivity contribution in [3.63, 3.8) is 0 Å². The minimum atomic E-state index is 0.871. The Labute approximate surface area is 328 Å². The Kier molecular flexibility index (Phi) is 6.89. The van der Waals surface area contributed by atoms with Gasteiger partial charge in [-0.2, -0.15) is 0 Å². The van der Waals surface area contributed by atoms with Crippen LogP contribution in [0.5, 0.6) is 0 Å². The Hall–Kier alpha value is -7.69. The molecule has 57 heavy (non-hydrogen) atoms. The molecule has 0 amide bonds. The first kappa shape index (κ1) is 31.6. The average molecular weight is 728 g/mol. The molecule has 0 saturated heterocycles. The predicted molar refractivity (Wildman–Crippen MR) is 237 cm³/mol. The van der Waals surface area contributed by atoms with Crippen LogP contribution in [0.1, 0.15) is 0 Å². The Morgan fingerprint density at radius 3 is 1.60 bits per heavy atom. The number of hydrogen-bond acceptors (Lipinski definition) is 2. The molecule has 0 saturated carbocycles. The largest absolute Gasteiger partial charge is 0.456 e. The lowest BCUT2D eigenvalue weighted by Gasteiger charge is -2.14. The van der Waals surface area contributed by atoms with Crippen molar-refractivity contribution < 1.29 is 4.42 Å². The van der Waals surface area contributed by atoms with Gasteiger partial charge in [0.25, 0.3) is 0 Å². The molecule has 266 valence electrons. The molecule has 0 unspecified atom stereocenters. The van der Waals surface area contributed by atoms with Crippen LogP contribution in [0.15, 0.2) is 205 Å². The summed E-state index contributed by atoms with van der Waals surface area (Å²) in [5.41, 5.74) is 14.1. The number of pyridine rings is 1. The number of fused-ring (bicyclic) bond motifs is 9. The normalized spacial score (nSPS) is 11.9. The van der Waals surface area contributed by atoms with E-state index in [2.05, 4.69) is 197 Å². The number of rotatable bonds is 5.